The predicted octanol–water partition coefficient (Wildman–Crippen LogP) is 0.958. The highest BCUT2D eigenvalue weighted by Gasteiger charge is 2.13. The van der Waals surface area contributed by atoms with Crippen LogP contribution in [-0.4, -0.2) is 22.1 Å². The summed E-state index contributed by atoms with van der Waals surface area (Å²) in [5, 5.41) is 0. The fourth-order valence-corrected chi connectivity index (χ4v) is 1.24. The molecule has 0 aromatic carbocycles. The highest BCUT2D eigenvalue weighted by atomic mass is 16.5. The van der Waals surface area contributed by atoms with Gasteiger partial charge in [0.15, 0.2) is 5.82 Å². The number of hydrogen-bond donors (Lipinski definition) is 2. The highest BCUT2D eigenvalue weighted by Crippen LogP contribution is 2.33. The quantitative estimate of drug-likeness (QED) is 0.599. The summed E-state index contributed by atoms with van der Waals surface area (Å²) in [6.45, 7) is 0. The third-order valence-electron chi connectivity index (χ3n) is 1.96. The van der Waals surface area contributed by atoms with Crippen LogP contribution >= 0.6 is 0 Å². The number of nitrogens with two attached hydrogens (primary N) is 1. The Morgan fingerprint density at radius 1 is 1.35 bits per heavy atom. The zero-order valence-corrected chi connectivity index (χ0v) is 9.12. The van der Waals surface area contributed by atoms with Gasteiger partial charge in [0.2, 0.25) is 5.75 Å². The summed E-state index contributed by atoms with van der Waals surface area (Å²) in [4.78, 5) is 11.8. The van der Waals surface area contributed by atoms with Gasteiger partial charge in [-0.2, -0.15) is 4.98 Å². The lowest BCUT2D eigenvalue weighted by atomic mass is 10.4. The van der Waals surface area contributed by atoms with Crippen molar-refractivity contribution in [2.45, 2.75) is 0 Å². The first kappa shape index (κ1) is 11.1. The molecule has 2 aromatic rings. The molecule has 7 nitrogen and oxygen atoms in total. The molecule has 0 saturated heterocycles. The number of hydrazine groups is 1. The monoisotopic (exact) mass is 233 g/mol. The number of aromatic nitrogens is 3. The van der Waals surface area contributed by atoms with Gasteiger partial charge in [0.1, 0.15) is 12.1 Å². The molecule has 0 unspecified atom stereocenters. The molecule has 0 spiro atoms. The first-order valence-corrected chi connectivity index (χ1v) is 4.78. The standard InChI is InChI=1S/C10H11N5O2/c1-16-8-9(15-11)13-6-14-10(8)17-7-3-2-4-12-5-7/h2-6H,11H2,1H3,(H,13,14,15). The number of nitrogen functional groups attached to an aromatic ring is 1. The van der Waals surface area contributed by atoms with Crippen molar-refractivity contribution in [3.8, 4) is 17.4 Å². The van der Waals surface area contributed by atoms with Crippen molar-refractivity contribution >= 4 is 5.82 Å². The van der Waals surface area contributed by atoms with Crippen molar-refractivity contribution in [2.24, 2.45) is 5.84 Å². The molecule has 0 aliphatic rings. The summed E-state index contributed by atoms with van der Waals surface area (Å²) in [5.74, 6) is 6.80. The van der Waals surface area contributed by atoms with Crippen molar-refractivity contribution in [2.75, 3.05) is 12.5 Å². The summed E-state index contributed by atoms with van der Waals surface area (Å²) in [7, 11) is 1.48. The third kappa shape index (κ3) is 2.40. The van der Waals surface area contributed by atoms with Gasteiger partial charge in [0, 0.05) is 6.20 Å². The number of hydrogen-bond acceptors (Lipinski definition) is 7. The van der Waals surface area contributed by atoms with Crippen LogP contribution in [0.2, 0.25) is 0 Å². The maximum atomic E-state index is 5.51. The summed E-state index contributed by atoms with van der Waals surface area (Å²) < 4.78 is 10.6. The van der Waals surface area contributed by atoms with Crippen molar-refractivity contribution < 1.29 is 9.47 Å². The Morgan fingerprint density at radius 2 is 2.24 bits per heavy atom. The third-order valence-corrected chi connectivity index (χ3v) is 1.96. The molecule has 0 bridgehead atoms. The average molecular weight is 233 g/mol. The number of anilines is 1. The van der Waals surface area contributed by atoms with E-state index in [1.54, 1.807) is 24.5 Å². The topological polar surface area (TPSA) is 95.2 Å². The SMILES string of the molecule is COc1c(NN)ncnc1Oc1cccnc1. The summed E-state index contributed by atoms with van der Waals surface area (Å²) in [5.41, 5.74) is 2.40. The van der Waals surface area contributed by atoms with E-state index >= 15 is 0 Å². The van der Waals surface area contributed by atoms with E-state index in [1.165, 1.54) is 13.4 Å². The molecule has 0 fully saturated rings. The van der Waals surface area contributed by atoms with Gasteiger partial charge < -0.3 is 14.9 Å². The summed E-state index contributed by atoms with van der Waals surface area (Å²) in [6, 6.07) is 3.51. The van der Waals surface area contributed by atoms with Crippen molar-refractivity contribution in [3.63, 3.8) is 0 Å². The molecular formula is C10H11N5O2. The fourth-order valence-electron chi connectivity index (χ4n) is 1.24. The van der Waals surface area contributed by atoms with Crippen molar-refractivity contribution in [1.82, 2.24) is 15.0 Å². The normalized spacial score (nSPS) is 9.76. The molecule has 2 heterocycles. The number of nitrogens with zero attached hydrogens (tertiary/aromatic N) is 3. The van der Waals surface area contributed by atoms with E-state index in [4.69, 9.17) is 15.3 Å². The molecule has 0 aliphatic heterocycles. The van der Waals surface area contributed by atoms with Gasteiger partial charge in [-0.15, -0.1) is 0 Å². The smallest absolute Gasteiger partial charge is 0.268 e. The van der Waals surface area contributed by atoms with E-state index in [0.717, 1.165) is 0 Å². The lowest BCUT2D eigenvalue weighted by Crippen LogP contribution is -2.10. The maximum absolute atomic E-state index is 5.51. The van der Waals surface area contributed by atoms with Crippen LogP contribution in [0.4, 0.5) is 5.82 Å². The second-order valence-corrected chi connectivity index (χ2v) is 3.00. The van der Waals surface area contributed by atoms with Crippen LogP contribution in [-0.2, 0) is 0 Å². The largest absolute Gasteiger partial charge is 0.489 e. The van der Waals surface area contributed by atoms with Crippen LogP contribution in [0.25, 0.3) is 0 Å². The number of nitrogens with one attached hydrogen (secondary N) is 1. The molecule has 0 amide bonds. The Morgan fingerprint density at radius 3 is 2.88 bits per heavy atom. The molecule has 0 saturated carbocycles. The molecular weight excluding hydrogens is 222 g/mol. The molecule has 2 aromatic heterocycles. The van der Waals surface area contributed by atoms with Crippen molar-refractivity contribution in [3.05, 3.63) is 30.9 Å². The molecule has 7 heteroatoms. The lowest BCUT2D eigenvalue weighted by Gasteiger charge is -2.10. The van der Waals surface area contributed by atoms with Gasteiger partial charge in [-0.05, 0) is 12.1 Å². The minimum absolute atomic E-state index is 0.267. The van der Waals surface area contributed by atoms with E-state index < -0.39 is 0 Å². The average Bonchev–Trinajstić information content (AvgIpc) is 2.39. The van der Waals surface area contributed by atoms with Gasteiger partial charge >= 0.3 is 0 Å². The van der Waals surface area contributed by atoms with Crippen LogP contribution in [0.1, 0.15) is 0 Å². The second kappa shape index (κ2) is 5.08. The lowest BCUT2D eigenvalue weighted by molar-refractivity contribution is 0.368. The molecule has 0 aliphatic carbocycles. The van der Waals surface area contributed by atoms with Gasteiger partial charge in [0.05, 0.1) is 13.3 Å². The van der Waals surface area contributed by atoms with E-state index in [2.05, 4.69) is 20.4 Å². The van der Waals surface area contributed by atoms with E-state index in [0.29, 0.717) is 17.3 Å². The van der Waals surface area contributed by atoms with Crippen LogP contribution < -0.4 is 20.7 Å². The van der Waals surface area contributed by atoms with Gasteiger partial charge in [0.25, 0.3) is 5.88 Å². The van der Waals surface area contributed by atoms with Crippen LogP contribution in [0.3, 0.4) is 0 Å². The Kier molecular flexibility index (Phi) is 3.31. The molecule has 88 valence electrons. The molecule has 0 atom stereocenters. The van der Waals surface area contributed by atoms with Crippen LogP contribution in [0.5, 0.6) is 17.4 Å². The number of methoxy groups -OCH3 is 1. The summed E-state index contributed by atoms with van der Waals surface area (Å²) in [6.07, 6.45) is 4.54. The maximum Gasteiger partial charge on any atom is 0.268 e. The number of rotatable bonds is 4. The van der Waals surface area contributed by atoms with Gasteiger partial charge in [-0.3, -0.25) is 4.98 Å². The number of pyridine rings is 1. The predicted molar refractivity (Wildman–Crippen MR) is 60.7 cm³/mol. The molecule has 0 radical (unpaired) electrons. The Bertz CT molecular complexity index is 491. The second-order valence-electron chi connectivity index (χ2n) is 3.00. The fraction of sp³-hybridized carbons (Fsp3) is 0.100. The van der Waals surface area contributed by atoms with E-state index in [-0.39, 0.29) is 5.88 Å². The van der Waals surface area contributed by atoms with Crippen LogP contribution in [0, 0.1) is 0 Å². The van der Waals surface area contributed by atoms with Crippen LogP contribution in [0.15, 0.2) is 30.9 Å². The Hall–Kier alpha value is -2.41. The zero-order valence-electron chi connectivity index (χ0n) is 9.12. The first-order chi connectivity index (χ1) is 8.35. The van der Waals surface area contributed by atoms with E-state index in [1.807, 2.05) is 0 Å². The van der Waals surface area contributed by atoms with Crippen molar-refractivity contribution in [1.29, 1.82) is 0 Å². The molecule has 17 heavy (non-hydrogen) atoms. The Labute approximate surface area is 97.6 Å². The number of ether oxygens (including phenoxy) is 2. The van der Waals surface area contributed by atoms with Gasteiger partial charge in [-0.25, -0.2) is 10.8 Å². The van der Waals surface area contributed by atoms with Gasteiger partial charge in [-0.1, -0.05) is 0 Å². The molecule has 3 N–H and O–H groups in total. The first-order valence-electron chi connectivity index (χ1n) is 4.78. The zero-order chi connectivity index (χ0) is 12.1. The minimum atomic E-state index is 0.267. The molecule has 2 rings (SSSR count). The minimum Gasteiger partial charge on any atom is -0.489 e. The van der Waals surface area contributed by atoms with E-state index in [9.17, 15) is 0 Å². The summed E-state index contributed by atoms with van der Waals surface area (Å²) >= 11 is 0. The Balaban J connectivity index is 2.33. The highest BCUT2D eigenvalue weighted by molar-refractivity contribution is 5.54.